The molecule has 43 heavy (non-hydrogen) atoms. The molecule has 2 heterocycles. The topological polar surface area (TPSA) is 188 Å². The van der Waals surface area contributed by atoms with Crippen LogP contribution in [0.2, 0.25) is 5.02 Å². The van der Waals surface area contributed by atoms with Crippen LogP contribution in [0.5, 0.6) is 5.75 Å². The summed E-state index contributed by atoms with van der Waals surface area (Å²) in [6.45, 7) is 1.15. The van der Waals surface area contributed by atoms with Gasteiger partial charge in [-0.2, -0.15) is 0 Å². The van der Waals surface area contributed by atoms with Crippen molar-refractivity contribution in [2.75, 3.05) is 31.6 Å². The summed E-state index contributed by atoms with van der Waals surface area (Å²) >= 11 is 6.34. The maximum Gasteiger partial charge on any atom is 0.336 e. The number of hydrogen-bond donors (Lipinski definition) is 4. The van der Waals surface area contributed by atoms with Crippen molar-refractivity contribution in [1.29, 1.82) is 0 Å². The van der Waals surface area contributed by atoms with Gasteiger partial charge in [-0.1, -0.05) is 11.6 Å². The third kappa shape index (κ3) is 6.63. The van der Waals surface area contributed by atoms with Gasteiger partial charge in [0.05, 0.1) is 24.2 Å². The number of benzene rings is 2. The number of carboxylic acid groups (broad SMARTS) is 2. The summed E-state index contributed by atoms with van der Waals surface area (Å²) in [6, 6.07) is 8.43. The molecule has 2 aliphatic rings. The first-order valence-corrected chi connectivity index (χ1v) is 13.8. The number of primary amides is 1. The molecule has 0 bridgehead atoms. The van der Waals surface area contributed by atoms with Gasteiger partial charge in [-0.3, -0.25) is 19.2 Å². The van der Waals surface area contributed by atoms with Crippen molar-refractivity contribution in [2.24, 2.45) is 11.7 Å². The van der Waals surface area contributed by atoms with Crippen LogP contribution in [0.15, 0.2) is 36.4 Å². The molecule has 0 radical (unpaired) electrons. The fourth-order valence-corrected chi connectivity index (χ4v) is 6.00. The highest BCUT2D eigenvalue weighted by molar-refractivity contribution is 6.31. The first-order valence-electron chi connectivity index (χ1n) is 13.4. The smallest absolute Gasteiger partial charge is 0.336 e. The SMILES string of the molecule is CN1C(=O)C2(CCN(CC(Cc3cc(OC(=O)CC(O)(CC(=O)O)C(=O)O)ccc3Cl)C(N)=O)CC2)c2cc(F)ccc21. The average Bonchev–Trinajstić information content (AvgIpc) is 3.11. The Balaban J connectivity index is 1.43. The van der Waals surface area contributed by atoms with Crippen molar-refractivity contribution >= 4 is 47.0 Å². The molecule has 2 atom stereocenters. The van der Waals surface area contributed by atoms with E-state index in [4.69, 9.17) is 27.2 Å². The van der Waals surface area contributed by atoms with Crippen LogP contribution < -0.4 is 15.4 Å². The average molecular weight is 620 g/mol. The maximum atomic E-state index is 14.1. The lowest BCUT2D eigenvalue weighted by molar-refractivity contribution is -0.169. The number of hydrogen-bond acceptors (Lipinski definition) is 8. The number of halogens is 2. The molecule has 2 aromatic rings. The van der Waals surface area contributed by atoms with E-state index in [9.17, 15) is 38.6 Å². The Kier molecular flexibility index (Phi) is 9.09. The summed E-state index contributed by atoms with van der Waals surface area (Å²) < 4.78 is 19.2. The fourth-order valence-electron chi connectivity index (χ4n) is 5.80. The van der Waals surface area contributed by atoms with E-state index in [0.717, 1.165) is 0 Å². The largest absolute Gasteiger partial charge is 0.481 e. The molecule has 4 rings (SSSR count). The molecule has 0 aliphatic carbocycles. The van der Waals surface area contributed by atoms with Crippen LogP contribution in [-0.4, -0.2) is 82.2 Å². The van der Waals surface area contributed by atoms with E-state index in [2.05, 4.69) is 0 Å². The Morgan fingerprint density at radius 3 is 2.40 bits per heavy atom. The molecule has 0 aromatic heterocycles. The third-order valence-corrected chi connectivity index (χ3v) is 8.50. The first kappa shape index (κ1) is 31.9. The fraction of sp³-hybridized carbons (Fsp3) is 0.414. The number of likely N-dealkylation sites (tertiary alicyclic amines) is 1. The summed E-state index contributed by atoms with van der Waals surface area (Å²) in [5, 5.41) is 28.4. The lowest BCUT2D eigenvalue weighted by Crippen LogP contribution is -2.50. The molecule has 230 valence electrons. The van der Waals surface area contributed by atoms with Crippen molar-refractivity contribution in [3.63, 3.8) is 0 Å². The normalized spacial score (nSPS) is 18.1. The molecule has 5 N–H and O–H groups in total. The van der Waals surface area contributed by atoms with Crippen molar-refractivity contribution in [3.05, 3.63) is 58.4 Å². The van der Waals surface area contributed by atoms with Gasteiger partial charge in [0.1, 0.15) is 11.6 Å². The van der Waals surface area contributed by atoms with Gasteiger partial charge in [-0.15, -0.1) is 0 Å². The number of aliphatic hydroxyl groups is 1. The number of amides is 2. The Morgan fingerprint density at radius 2 is 1.79 bits per heavy atom. The number of esters is 1. The highest BCUT2D eigenvalue weighted by Crippen LogP contribution is 2.47. The Hall–Kier alpha value is -4.07. The summed E-state index contributed by atoms with van der Waals surface area (Å²) in [7, 11) is 1.67. The zero-order valence-electron chi connectivity index (χ0n) is 23.2. The molecule has 1 spiro atoms. The summed E-state index contributed by atoms with van der Waals surface area (Å²) in [4.78, 5) is 63.8. The van der Waals surface area contributed by atoms with E-state index in [-0.39, 0.29) is 29.6 Å². The van der Waals surface area contributed by atoms with Crippen molar-refractivity contribution in [1.82, 2.24) is 4.90 Å². The summed E-state index contributed by atoms with van der Waals surface area (Å²) in [6.07, 6.45) is -1.42. The molecular weight excluding hydrogens is 589 g/mol. The predicted octanol–water partition coefficient (Wildman–Crippen LogP) is 1.72. The number of nitrogens with zero attached hydrogens (tertiary/aromatic N) is 2. The molecule has 2 aromatic carbocycles. The number of ether oxygens (including phenoxy) is 1. The summed E-state index contributed by atoms with van der Waals surface area (Å²) in [5.41, 5.74) is 3.75. The minimum atomic E-state index is -2.86. The van der Waals surface area contributed by atoms with Crippen molar-refractivity contribution in [2.45, 2.75) is 43.1 Å². The van der Waals surface area contributed by atoms with E-state index >= 15 is 0 Å². The Morgan fingerprint density at radius 1 is 1.12 bits per heavy atom. The van der Waals surface area contributed by atoms with Gasteiger partial charge >= 0.3 is 17.9 Å². The van der Waals surface area contributed by atoms with Gasteiger partial charge in [-0.25, -0.2) is 9.18 Å². The van der Waals surface area contributed by atoms with E-state index in [1.165, 1.54) is 30.3 Å². The van der Waals surface area contributed by atoms with E-state index < -0.39 is 59.4 Å². The molecule has 1 saturated heterocycles. The molecular formula is C29H31ClFN3O9. The van der Waals surface area contributed by atoms with Crippen LogP contribution in [0, 0.1) is 11.7 Å². The van der Waals surface area contributed by atoms with Gasteiger partial charge in [0.15, 0.2) is 5.60 Å². The number of aliphatic carboxylic acids is 2. The van der Waals surface area contributed by atoms with Gasteiger partial charge in [0, 0.05) is 24.3 Å². The number of fused-ring (bicyclic) bond motifs is 2. The van der Waals surface area contributed by atoms with Gasteiger partial charge in [-0.05, 0) is 79.9 Å². The number of carboxylic acids is 2. The number of anilines is 1. The monoisotopic (exact) mass is 619 g/mol. The minimum Gasteiger partial charge on any atom is -0.481 e. The number of nitrogens with two attached hydrogens (primary N) is 1. The lowest BCUT2D eigenvalue weighted by atomic mass is 9.73. The zero-order valence-corrected chi connectivity index (χ0v) is 24.0. The van der Waals surface area contributed by atoms with E-state index in [1.807, 2.05) is 4.90 Å². The summed E-state index contributed by atoms with van der Waals surface area (Å²) in [5.74, 6) is -6.61. The highest BCUT2D eigenvalue weighted by Gasteiger charge is 2.51. The highest BCUT2D eigenvalue weighted by atomic mass is 35.5. The minimum absolute atomic E-state index is 0.0645. The zero-order chi connectivity index (χ0) is 31.7. The van der Waals surface area contributed by atoms with Crippen molar-refractivity contribution in [3.8, 4) is 5.75 Å². The van der Waals surface area contributed by atoms with Crippen LogP contribution in [-0.2, 0) is 35.8 Å². The van der Waals surface area contributed by atoms with Gasteiger partial charge in [0.2, 0.25) is 11.8 Å². The van der Waals surface area contributed by atoms with Crippen molar-refractivity contribution < 1.29 is 48.4 Å². The van der Waals surface area contributed by atoms with E-state index in [0.29, 0.717) is 42.7 Å². The van der Waals surface area contributed by atoms with Gasteiger partial charge in [0.25, 0.3) is 0 Å². The second-order valence-corrected chi connectivity index (χ2v) is 11.4. The lowest BCUT2D eigenvalue weighted by Gasteiger charge is -2.39. The molecule has 2 unspecified atom stereocenters. The quantitative estimate of drug-likeness (QED) is 0.213. The Bertz CT molecular complexity index is 1480. The predicted molar refractivity (Wildman–Crippen MR) is 150 cm³/mol. The third-order valence-electron chi connectivity index (χ3n) is 8.13. The second kappa shape index (κ2) is 12.3. The molecule has 0 saturated carbocycles. The Labute approximate surface area is 250 Å². The van der Waals surface area contributed by atoms with Crippen LogP contribution in [0.4, 0.5) is 10.1 Å². The van der Waals surface area contributed by atoms with Crippen LogP contribution in [0.25, 0.3) is 0 Å². The van der Waals surface area contributed by atoms with E-state index in [1.54, 1.807) is 18.0 Å². The number of carbonyl (C=O) groups is 5. The molecule has 12 nitrogen and oxygen atoms in total. The number of carbonyl (C=O) groups excluding carboxylic acids is 3. The number of likely N-dealkylation sites (N-methyl/N-ethyl adjacent to an activating group) is 1. The first-order chi connectivity index (χ1) is 20.1. The van der Waals surface area contributed by atoms with Gasteiger partial charge < -0.3 is 35.6 Å². The van der Waals surface area contributed by atoms with Crippen LogP contribution >= 0.6 is 11.6 Å². The maximum absolute atomic E-state index is 14.1. The van der Waals surface area contributed by atoms with Crippen LogP contribution in [0.1, 0.15) is 36.8 Å². The standard InChI is InChI=1S/C29H31ClFN3O9/c1-33-22-5-2-18(31)12-20(22)28(26(33)39)6-8-34(9-7-28)15-17(25(32)38)10-16-11-19(3-4-21(16)30)43-24(37)14-29(42,27(40)41)13-23(35)36/h2-5,11-12,17,42H,6-10,13-15H2,1H3,(H2,32,38)(H,35,36)(H,40,41). The number of piperidine rings is 1. The van der Waals surface area contributed by atoms with Crippen LogP contribution in [0.3, 0.4) is 0 Å². The molecule has 14 heteroatoms. The second-order valence-electron chi connectivity index (χ2n) is 11.0. The molecule has 2 aliphatic heterocycles. The molecule has 1 fully saturated rings. The number of rotatable bonds is 11. The molecule has 2 amide bonds.